The maximum absolute atomic E-state index is 11.3. The topological polar surface area (TPSA) is 53.6 Å². The zero-order valence-electron chi connectivity index (χ0n) is 9.94. The van der Waals surface area contributed by atoms with Crippen LogP contribution in [0.15, 0.2) is 18.2 Å². The fourth-order valence-corrected chi connectivity index (χ4v) is 2.25. The standard InChI is InChI=1S/C12H15N3O2.ClH/c16-11-8-17-12-9(14-11)2-1-3-10(12)15-6-4-13-5-7-15;/h1-3,13H,4-8H2,(H,14,16);1H. The van der Waals surface area contributed by atoms with Crippen molar-refractivity contribution >= 4 is 29.7 Å². The lowest BCUT2D eigenvalue weighted by Crippen LogP contribution is -2.44. The van der Waals surface area contributed by atoms with Gasteiger partial charge in [-0.1, -0.05) is 6.07 Å². The third-order valence-corrected chi connectivity index (χ3v) is 3.07. The van der Waals surface area contributed by atoms with Gasteiger partial charge < -0.3 is 20.3 Å². The molecule has 0 bridgehead atoms. The maximum atomic E-state index is 11.3. The second-order valence-corrected chi connectivity index (χ2v) is 4.23. The molecule has 1 saturated heterocycles. The number of nitrogens with zero attached hydrogens (tertiary/aromatic N) is 1. The van der Waals surface area contributed by atoms with Crippen LogP contribution in [0.1, 0.15) is 0 Å². The predicted octanol–water partition coefficient (Wildman–Crippen LogP) is 0.849. The molecule has 2 aliphatic rings. The van der Waals surface area contributed by atoms with E-state index in [1.54, 1.807) is 0 Å². The third-order valence-electron chi connectivity index (χ3n) is 3.07. The van der Waals surface area contributed by atoms with E-state index in [1.807, 2.05) is 18.2 Å². The van der Waals surface area contributed by atoms with Gasteiger partial charge in [-0.05, 0) is 12.1 Å². The minimum atomic E-state index is -0.0880. The molecule has 1 aromatic carbocycles. The van der Waals surface area contributed by atoms with Crippen molar-refractivity contribution in [3.05, 3.63) is 18.2 Å². The van der Waals surface area contributed by atoms with Gasteiger partial charge in [-0.15, -0.1) is 12.4 Å². The van der Waals surface area contributed by atoms with E-state index >= 15 is 0 Å². The summed E-state index contributed by atoms with van der Waals surface area (Å²) >= 11 is 0. The van der Waals surface area contributed by atoms with Crippen molar-refractivity contribution in [3.8, 4) is 5.75 Å². The van der Waals surface area contributed by atoms with E-state index < -0.39 is 0 Å². The largest absolute Gasteiger partial charge is 0.479 e. The number of hydrogen-bond acceptors (Lipinski definition) is 4. The summed E-state index contributed by atoms with van der Waals surface area (Å²) in [4.78, 5) is 13.5. The third kappa shape index (κ3) is 2.37. The first-order valence-corrected chi connectivity index (χ1v) is 5.86. The summed E-state index contributed by atoms with van der Waals surface area (Å²) in [6, 6.07) is 5.87. The Bertz CT molecular complexity index is 447. The van der Waals surface area contributed by atoms with Crippen LogP contribution in [0.2, 0.25) is 0 Å². The Labute approximate surface area is 112 Å². The van der Waals surface area contributed by atoms with E-state index in [9.17, 15) is 4.79 Å². The van der Waals surface area contributed by atoms with Gasteiger partial charge in [0, 0.05) is 26.2 Å². The number of carbonyl (C=O) groups excluding carboxylic acids is 1. The molecule has 1 amide bonds. The Morgan fingerprint density at radius 1 is 1.22 bits per heavy atom. The number of halogens is 1. The summed E-state index contributed by atoms with van der Waals surface area (Å²) in [6.07, 6.45) is 0. The molecule has 0 saturated carbocycles. The predicted molar refractivity (Wildman–Crippen MR) is 72.9 cm³/mol. The van der Waals surface area contributed by atoms with E-state index in [1.165, 1.54) is 0 Å². The molecule has 18 heavy (non-hydrogen) atoms. The monoisotopic (exact) mass is 269 g/mol. The number of hydrogen-bond donors (Lipinski definition) is 2. The SMILES string of the molecule is Cl.O=C1COc2c(cccc2N2CCNCC2)N1. The van der Waals surface area contributed by atoms with Crippen molar-refractivity contribution < 1.29 is 9.53 Å². The van der Waals surface area contributed by atoms with Gasteiger partial charge in [0.2, 0.25) is 0 Å². The summed E-state index contributed by atoms with van der Waals surface area (Å²) < 4.78 is 5.55. The van der Waals surface area contributed by atoms with Crippen molar-refractivity contribution in [2.45, 2.75) is 0 Å². The lowest BCUT2D eigenvalue weighted by Gasteiger charge is -2.32. The molecule has 6 heteroatoms. The van der Waals surface area contributed by atoms with Crippen molar-refractivity contribution in [3.63, 3.8) is 0 Å². The van der Waals surface area contributed by atoms with Crippen LogP contribution in [0.3, 0.4) is 0 Å². The van der Waals surface area contributed by atoms with Gasteiger partial charge in [-0.2, -0.15) is 0 Å². The minimum Gasteiger partial charge on any atom is -0.479 e. The van der Waals surface area contributed by atoms with E-state index in [0.29, 0.717) is 0 Å². The van der Waals surface area contributed by atoms with Gasteiger partial charge in [0.1, 0.15) is 0 Å². The smallest absolute Gasteiger partial charge is 0.262 e. The maximum Gasteiger partial charge on any atom is 0.262 e. The van der Waals surface area contributed by atoms with Gasteiger partial charge in [0.05, 0.1) is 11.4 Å². The summed E-state index contributed by atoms with van der Waals surface area (Å²) in [5.41, 5.74) is 1.85. The number of fused-ring (bicyclic) bond motifs is 1. The summed E-state index contributed by atoms with van der Waals surface area (Å²) in [7, 11) is 0. The highest BCUT2D eigenvalue weighted by Gasteiger charge is 2.22. The highest BCUT2D eigenvalue weighted by molar-refractivity contribution is 5.97. The first-order valence-electron chi connectivity index (χ1n) is 5.86. The van der Waals surface area contributed by atoms with Crippen LogP contribution in [0, 0.1) is 0 Å². The van der Waals surface area contributed by atoms with Crippen molar-refractivity contribution in [1.82, 2.24) is 5.32 Å². The number of amides is 1. The lowest BCUT2D eigenvalue weighted by atomic mass is 10.2. The molecule has 0 aliphatic carbocycles. The molecular formula is C12H16ClN3O2. The fourth-order valence-electron chi connectivity index (χ4n) is 2.25. The first kappa shape index (κ1) is 13.0. The van der Waals surface area contributed by atoms with Crippen LogP contribution in [-0.2, 0) is 4.79 Å². The minimum absolute atomic E-state index is 0. The van der Waals surface area contributed by atoms with Crippen LogP contribution in [0.4, 0.5) is 11.4 Å². The van der Waals surface area contributed by atoms with Crippen LogP contribution in [-0.4, -0.2) is 38.7 Å². The zero-order chi connectivity index (χ0) is 11.7. The first-order chi connectivity index (χ1) is 8.34. The molecule has 0 atom stereocenters. The molecule has 0 unspecified atom stereocenters. The summed E-state index contributed by atoms with van der Waals surface area (Å²) in [5.74, 6) is 0.712. The highest BCUT2D eigenvalue weighted by Crippen LogP contribution is 2.37. The molecule has 98 valence electrons. The Hall–Kier alpha value is -1.46. The molecule has 1 fully saturated rings. The Balaban J connectivity index is 0.00000120. The van der Waals surface area contributed by atoms with Gasteiger partial charge in [-0.25, -0.2) is 0 Å². The molecule has 0 spiro atoms. The van der Waals surface area contributed by atoms with Crippen molar-refractivity contribution in [1.29, 1.82) is 0 Å². The number of para-hydroxylation sites is 1. The van der Waals surface area contributed by atoms with Crippen LogP contribution in [0.5, 0.6) is 5.75 Å². The van der Waals surface area contributed by atoms with E-state index in [0.717, 1.165) is 43.3 Å². The van der Waals surface area contributed by atoms with E-state index in [-0.39, 0.29) is 24.9 Å². The van der Waals surface area contributed by atoms with Gasteiger partial charge >= 0.3 is 0 Å². The van der Waals surface area contributed by atoms with Crippen molar-refractivity contribution in [2.75, 3.05) is 43.0 Å². The molecule has 2 heterocycles. The molecule has 3 rings (SSSR count). The Morgan fingerprint density at radius 3 is 2.78 bits per heavy atom. The number of ether oxygens (including phenoxy) is 1. The summed E-state index contributed by atoms with van der Waals surface area (Å²) in [6.45, 7) is 4.00. The van der Waals surface area contributed by atoms with Crippen LogP contribution < -0.4 is 20.3 Å². The second kappa shape index (κ2) is 5.46. The summed E-state index contributed by atoms with van der Waals surface area (Å²) in [5, 5.41) is 6.15. The number of rotatable bonds is 1. The quantitative estimate of drug-likeness (QED) is 0.794. The molecule has 0 radical (unpaired) electrons. The average Bonchev–Trinajstić information content (AvgIpc) is 2.39. The fraction of sp³-hybridized carbons (Fsp3) is 0.417. The second-order valence-electron chi connectivity index (χ2n) is 4.23. The zero-order valence-corrected chi connectivity index (χ0v) is 10.8. The van der Waals surface area contributed by atoms with Gasteiger partial charge in [-0.3, -0.25) is 4.79 Å². The van der Waals surface area contributed by atoms with E-state index in [4.69, 9.17) is 4.74 Å². The normalized spacial score (nSPS) is 18.2. The molecule has 0 aromatic heterocycles. The van der Waals surface area contributed by atoms with E-state index in [2.05, 4.69) is 15.5 Å². The lowest BCUT2D eigenvalue weighted by molar-refractivity contribution is -0.118. The van der Waals surface area contributed by atoms with Gasteiger partial charge in [0.15, 0.2) is 12.4 Å². The molecule has 2 aliphatic heterocycles. The number of benzene rings is 1. The number of nitrogens with one attached hydrogen (secondary N) is 2. The Morgan fingerprint density at radius 2 is 2.00 bits per heavy atom. The number of carbonyl (C=O) groups is 1. The molecule has 5 nitrogen and oxygen atoms in total. The number of piperazine rings is 1. The van der Waals surface area contributed by atoms with Crippen LogP contribution >= 0.6 is 12.4 Å². The molecule has 2 N–H and O–H groups in total. The highest BCUT2D eigenvalue weighted by atomic mass is 35.5. The number of anilines is 2. The Kier molecular flexibility index (Phi) is 3.93. The van der Waals surface area contributed by atoms with Gasteiger partial charge in [0.25, 0.3) is 5.91 Å². The van der Waals surface area contributed by atoms with Crippen molar-refractivity contribution in [2.24, 2.45) is 0 Å². The molecular weight excluding hydrogens is 254 g/mol. The van der Waals surface area contributed by atoms with Crippen LogP contribution in [0.25, 0.3) is 0 Å². The molecule has 1 aromatic rings. The average molecular weight is 270 g/mol.